The second-order valence-electron chi connectivity index (χ2n) is 5.01. The summed E-state index contributed by atoms with van der Waals surface area (Å²) in [6, 6.07) is 4.91. The lowest BCUT2D eigenvalue weighted by atomic mass is 10.0. The van der Waals surface area contributed by atoms with Gasteiger partial charge in [0.2, 0.25) is 5.91 Å². The summed E-state index contributed by atoms with van der Waals surface area (Å²) in [5.41, 5.74) is 6.75. The van der Waals surface area contributed by atoms with Crippen LogP contribution in [0.2, 0.25) is 10.0 Å². The first-order chi connectivity index (χ1) is 8.90. The van der Waals surface area contributed by atoms with E-state index >= 15 is 0 Å². The van der Waals surface area contributed by atoms with Gasteiger partial charge in [-0.05, 0) is 36.5 Å². The topological polar surface area (TPSA) is 55.1 Å². The largest absolute Gasteiger partial charge is 0.354 e. The van der Waals surface area contributed by atoms with Gasteiger partial charge in [-0.3, -0.25) is 4.79 Å². The highest BCUT2D eigenvalue weighted by molar-refractivity contribution is 6.35. The highest BCUT2D eigenvalue weighted by Crippen LogP contribution is 2.21. The Morgan fingerprint density at radius 1 is 1.35 bits per heavy atom. The van der Waals surface area contributed by atoms with Crippen LogP contribution in [0.4, 0.5) is 0 Å². The van der Waals surface area contributed by atoms with Gasteiger partial charge >= 0.3 is 0 Å². The Bertz CT molecular complexity index is 438. The summed E-state index contributed by atoms with van der Waals surface area (Å²) in [6.07, 6.45) is 1.35. The normalized spacial score (nSPS) is 11.9. The van der Waals surface area contributed by atoms with E-state index in [1.807, 2.05) is 19.9 Å². The van der Waals surface area contributed by atoms with Crippen LogP contribution in [0.1, 0.15) is 25.8 Å². The van der Waals surface area contributed by atoms with E-state index in [1.54, 1.807) is 12.1 Å². The molecule has 114 valence electrons. The van der Waals surface area contributed by atoms with Gasteiger partial charge in [-0.2, -0.15) is 0 Å². The molecule has 0 aliphatic carbocycles. The predicted octanol–water partition coefficient (Wildman–Crippen LogP) is 3.45. The van der Waals surface area contributed by atoms with Gasteiger partial charge in [-0.15, -0.1) is 12.4 Å². The number of hydrogen-bond donors (Lipinski definition) is 2. The maximum Gasteiger partial charge on any atom is 0.236 e. The fraction of sp³-hybridized carbons (Fsp3) is 0.500. The van der Waals surface area contributed by atoms with Gasteiger partial charge in [0.1, 0.15) is 0 Å². The van der Waals surface area contributed by atoms with E-state index in [-0.39, 0.29) is 18.3 Å². The van der Waals surface area contributed by atoms with Crippen LogP contribution in [-0.4, -0.2) is 18.5 Å². The molecule has 0 bridgehead atoms. The van der Waals surface area contributed by atoms with Gasteiger partial charge in [-0.1, -0.05) is 43.1 Å². The van der Waals surface area contributed by atoms with Crippen LogP contribution in [0, 0.1) is 5.92 Å². The fourth-order valence-corrected chi connectivity index (χ4v) is 2.29. The van der Waals surface area contributed by atoms with E-state index in [0.717, 1.165) is 5.56 Å². The maximum absolute atomic E-state index is 11.7. The minimum absolute atomic E-state index is 0. The Labute approximate surface area is 136 Å². The zero-order chi connectivity index (χ0) is 14.4. The summed E-state index contributed by atoms with van der Waals surface area (Å²) in [5.74, 6) is 0.297. The second-order valence-corrected chi connectivity index (χ2v) is 5.86. The Hall–Kier alpha value is -0.480. The molecule has 3 nitrogen and oxygen atoms in total. The van der Waals surface area contributed by atoms with Gasteiger partial charge in [0, 0.05) is 16.6 Å². The molecule has 0 aliphatic rings. The van der Waals surface area contributed by atoms with Crippen LogP contribution in [0.5, 0.6) is 0 Å². The smallest absolute Gasteiger partial charge is 0.236 e. The van der Waals surface area contributed by atoms with Crippen molar-refractivity contribution in [1.29, 1.82) is 0 Å². The molecule has 1 aromatic rings. The summed E-state index contributed by atoms with van der Waals surface area (Å²) in [6.45, 7) is 4.60. The lowest BCUT2D eigenvalue weighted by Gasteiger charge is -2.14. The molecule has 1 rings (SSSR count). The first kappa shape index (κ1) is 19.5. The molecule has 0 aliphatic heterocycles. The molecule has 0 saturated carbocycles. The molecule has 0 saturated heterocycles. The average molecular weight is 340 g/mol. The van der Waals surface area contributed by atoms with Crippen molar-refractivity contribution >= 4 is 41.5 Å². The number of carbonyl (C=O) groups is 1. The molecular weight excluding hydrogens is 319 g/mol. The Kier molecular flexibility index (Phi) is 9.23. The third-order valence-corrected chi connectivity index (χ3v) is 3.36. The molecule has 1 atom stereocenters. The molecule has 20 heavy (non-hydrogen) atoms. The van der Waals surface area contributed by atoms with Crippen molar-refractivity contribution in [1.82, 2.24) is 5.32 Å². The van der Waals surface area contributed by atoms with Gasteiger partial charge < -0.3 is 11.1 Å². The lowest BCUT2D eigenvalue weighted by Crippen LogP contribution is -2.42. The van der Waals surface area contributed by atoms with E-state index in [9.17, 15) is 4.79 Å². The van der Waals surface area contributed by atoms with Gasteiger partial charge in [0.05, 0.1) is 6.04 Å². The molecule has 0 unspecified atom stereocenters. The van der Waals surface area contributed by atoms with E-state index in [0.29, 0.717) is 35.3 Å². The maximum atomic E-state index is 11.7. The summed E-state index contributed by atoms with van der Waals surface area (Å²) in [5, 5.41) is 4.05. The van der Waals surface area contributed by atoms with Crippen molar-refractivity contribution in [2.45, 2.75) is 32.7 Å². The van der Waals surface area contributed by atoms with Crippen molar-refractivity contribution in [3.05, 3.63) is 33.8 Å². The third kappa shape index (κ3) is 6.80. The number of nitrogens with two attached hydrogens (primary N) is 1. The van der Waals surface area contributed by atoms with Crippen LogP contribution in [-0.2, 0) is 11.2 Å². The van der Waals surface area contributed by atoms with E-state index in [2.05, 4.69) is 5.32 Å². The first-order valence-corrected chi connectivity index (χ1v) is 7.13. The van der Waals surface area contributed by atoms with Crippen LogP contribution >= 0.6 is 35.6 Å². The number of nitrogens with one attached hydrogen (secondary N) is 1. The number of rotatable bonds is 6. The van der Waals surface area contributed by atoms with Crippen molar-refractivity contribution in [3.8, 4) is 0 Å². The van der Waals surface area contributed by atoms with Gasteiger partial charge in [0.25, 0.3) is 0 Å². The fourth-order valence-electron chi connectivity index (χ4n) is 1.79. The summed E-state index contributed by atoms with van der Waals surface area (Å²) < 4.78 is 0. The van der Waals surface area contributed by atoms with Crippen LogP contribution in [0.15, 0.2) is 18.2 Å². The molecular formula is C14H21Cl3N2O. The summed E-state index contributed by atoms with van der Waals surface area (Å²) in [4.78, 5) is 11.7. The number of amides is 1. The highest BCUT2D eigenvalue weighted by atomic mass is 35.5. The van der Waals surface area contributed by atoms with Crippen molar-refractivity contribution in [2.75, 3.05) is 6.54 Å². The van der Waals surface area contributed by atoms with Crippen molar-refractivity contribution < 1.29 is 4.79 Å². The van der Waals surface area contributed by atoms with Crippen LogP contribution in [0.3, 0.4) is 0 Å². The minimum atomic E-state index is -0.444. The molecule has 0 spiro atoms. The number of halogens is 3. The van der Waals surface area contributed by atoms with Crippen molar-refractivity contribution in [2.24, 2.45) is 11.7 Å². The van der Waals surface area contributed by atoms with E-state index in [4.69, 9.17) is 28.9 Å². The second kappa shape index (κ2) is 9.46. The quantitative estimate of drug-likeness (QED) is 0.834. The Morgan fingerprint density at radius 3 is 2.55 bits per heavy atom. The molecule has 0 fully saturated rings. The molecule has 0 heterocycles. The molecule has 3 N–H and O–H groups in total. The third-order valence-electron chi connectivity index (χ3n) is 2.77. The zero-order valence-corrected chi connectivity index (χ0v) is 14.0. The first-order valence-electron chi connectivity index (χ1n) is 6.37. The number of hydrogen-bond acceptors (Lipinski definition) is 2. The standard InChI is InChI=1S/C14H20Cl2N2O.ClH/c1-9(2)7-13(17)14(19)18-6-5-10-3-4-11(15)8-12(10)16;/h3-4,8-9,13H,5-7,17H2,1-2H3,(H,18,19);1H/t13-;/m0./s1. The average Bonchev–Trinajstić information content (AvgIpc) is 2.30. The van der Waals surface area contributed by atoms with E-state index in [1.165, 1.54) is 0 Å². The number of carbonyl (C=O) groups excluding carboxylic acids is 1. The predicted molar refractivity (Wildman–Crippen MR) is 87.9 cm³/mol. The highest BCUT2D eigenvalue weighted by Gasteiger charge is 2.14. The SMILES string of the molecule is CC(C)C[C@H](N)C(=O)NCCc1ccc(Cl)cc1Cl.Cl. The van der Waals surface area contributed by atoms with Crippen LogP contribution in [0.25, 0.3) is 0 Å². The molecule has 1 aromatic carbocycles. The summed E-state index contributed by atoms with van der Waals surface area (Å²) in [7, 11) is 0. The molecule has 0 aromatic heterocycles. The summed E-state index contributed by atoms with van der Waals surface area (Å²) >= 11 is 11.9. The zero-order valence-electron chi connectivity index (χ0n) is 11.7. The molecule has 0 radical (unpaired) electrons. The molecule has 6 heteroatoms. The van der Waals surface area contributed by atoms with Crippen molar-refractivity contribution in [3.63, 3.8) is 0 Å². The van der Waals surface area contributed by atoms with Gasteiger partial charge in [0.15, 0.2) is 0 Å². The number of benzene rings is 1. The van der Waals surface area contributed by atoms with E-state index < -0.39 is 6.04 Å². The van der Waals surface area contributed by atoms with Crippen LogP contribution < -0.4 is 11.1 Å². The molecule has 1 amide bonds. The monoisotopic (exact) mass is 338 g/mol. The lowest BCUT2D eigenvalue weighted by molar-refractivity contribution is -0.122. The Morgan fingerprint density at radius 2 is 2.00 bits per heavy atom. The van der Waals surface area contributed by atoms with Gasteiger partial charge in [-0.25, -0.2) is 0 Å². The Balaban J connectivity index is 0.00000361. The minimum Gasteiger partial charge on any atom is -0.354 e.